The fourth-order valence-electron chi connectivity index (χ4n) is 3.87. The second-order valence-electron chi connectivity index (χ2n) is 7.81. The highest BCUT2D eigenvalue weighted by atomic mass is 32.2. The second kappa shape index (κ2) is 8.09. The minimum atomic E-state index is -3.83. The van der Waals surface area contributed by atoms with Crippen molar-refractivity contribution in [3.8, 4) is 11.5 Å². The van der Waals surface area contributed by atoms with Crippen molar-refractivity contribution in [2.45, 2.75) is 30.8 Å². The van der Waals surface area contributed by atoms with E-state index >= 15 is 0 Å². The molecule has 0 bridgehead atoms. The molecule has 0 amide bonds. The molecular weight excluding hydrogens is 412 g/mol. The summed E-state index contributed by atoms with van der Waals surface area (Å²) in [4.78, 5) is 3.10. The van der Waals surface area contributed by atoms with Crippen molar-refractivity contribution in [2.75, 3.05) is 0 Å². The average molecular weight is 437 g/mol. The molecule has 0 aliphatic heterocycles. The number of aromatic hydroxyl groups is 2. The summed E-state index contributed by atoms with van der Waals surface area (Å²) in [7, 11) is -3.83. The van der Waals surface area contributed by atoms with Gasteiger partial charge in [-0.15, -0.1) is 0 Å². The maximum Gasteiger partial charge on any atom is 0.256 e. The predicted molar refractivity (Wildman–Crippen MR) is 121 cm³/mol. The van der Waals surface area contributed by atoms with Gasteiger partial charge in [0.15, 0.2) is 5.03 Å². The molecule has 1 heterocycles. The zero-order valence-corrected chi connectivity index (χ0v) is 18.0. The van der Waals surface area contributed by atoms with Crippen molar-refractivity contribution in [2.24, 2.45) is 0 Å². The van der Waals surface area contributed by atoms with Crippen LogP contribution in [0.15, 0.2) is 77.8 Å². The van der Waals surface area contributed by atoms with Gasteiger partial charge >= 0.3 is 0 Å². The standard InChI is InChI=1S/C24H24N2O4S/c1-15(2)26-31(29,30)24-23(20-5-3-4-6-21(20)25-24)22(16-7-11-18(27)12-8-16)17-9-13-19(28)14-10-17/h3-15,22,25-28H,1-2H3. The van der Waals surface area contributed by atoms with E-state index in [9.17, 15) is 18.6 Å². The summed E-state index contributed by atoms with van der Waals surface area (Å²) < 4.78 is 29.2. The minimum absolute atomic E-state index is 0.105. The highest BCUT2D eigenvalue weighted by Gasteiger charge is 2.30. The molecule has 3 aromatic carbocycles. The Labute approximate surface area is 181 Å². The molecule has 7 heteroatoms. The lowest BCUT2D eigenvalue weighted by atomic mass is 9.85. The Morgan fingerprint density at radius 1 is 0.806 bits per heavy atom. The van der Waals surface area contributed by atoms with Crippen LogP contribution in [0, 0.1) is 0 Å². The van der Waals surface area contributed by atoms with E-state index in [2.05, 4.69) is 9.71 Å². The normalized spacial score (nSPS) is 12.1. The molecule has 6 nitrogen and oxygen atoms in total. The number of fused-ring (bicyclic) bond motifs is 1. The molecule has 0 unspecified atom stereocenters. The van der Waals surface area contributed by atoms with E-state index in [4.69, 9.17) is 0 Å². The zero-order valence-electron chi connectivity index (χ0n) is 17.2. The lowest BCUT2D eigenvalue weighted by Gasteiger charge is -2.21. The predicted octanol–water partition coefficient (Wildman–Crippen LogP) is 4.45. The Morgan fingerprint density at radius 3 is 1.84 bits per heavy atom. The van der Waals surface area contributed by atoms with Gasteiger partial charge in [0.2, 0.25) is 0 Å². The van der Waals surface area contributed by atoms with Gasteiger partial charge in [-0.3, -0.25) is 0 Å². The summed E-state index contributed by atoms with van der Waals surface area (Å²) in [6.45, 7) is 3.55. The number of sulfonamides is 1. The fourth-order valence-corrected chi connectivity index (χ4v) is 5.37. The average Bonchev–Trinajstić information content (AvgIpc) is 3.11. The van der Waals surface area contributed by atoms with Crippen LogP contribution in [-0.4, -0.2) is 29.7 Å². The van der Waals surface area contributed by atoms with E-state index < -0.39 is 15.9 Å². The molecule has 160 valence electrons. The minimum Gasteiger partial charge on any atom is -0.508 e. The van der Waals surface area contributed by atoms with Crippen molar-refractivity contribution in [1.82, 2.24) is 9.71 Å². The zero-order chi connectivity index (χ0) is 22.2. The van der Waals surface area contributed by atoms with Crippen LogP contribution in [0.25, 0.3) is 10.9 Å². The number of nitrogens with one attached hydrogen (secondary N) is 2. The first-order valence-corrected chi connectivity index (χ1v) is 11.5. The smallest absolute Gasteiger partial charge is 0.256 e. The molecule has 4 rings (SSSR count). The molecule has 31 heavy (non-hydrogen) atoms. The lowest BCUT2D eigenvalue weighted by molar-refractivity contribution is 0.475. The van der Waals surface area contributed by atoms with E-state index in [-0.39, 0.29) is 22.6 Å². The molecule has 0 saturated heterocycles. The van der Waals surface area contributed by atoms with Crippen molar-refractivity contribution in [1.29, 1.82) is 0 Å². The van der Waals surface area contributed by atoms with Crippen molar-refractivity contribution < 1.29 is 18.6 Å². The Hall–Kier alpha value is -3.29. The Morgan fingerprint density at radius 2 is 1.32 bits per heavy atom. The van der Waals surface area contributed by atoms with E-state index in [1.165, 1.54) is 0 Å². The number of H-pyrrole nitrogens is 1. The van der Waals surface area contributed by atoms with Crippen LogP contribution in [0.1, 0.15) is 36.5 Å². The Bertz CT molecular complexity index is 1260. The third-order valence-electron chi connectivity index (χ3n) is 5.11. The summed E-state index contributed by atoms with van der Waals surface area (Å²) >= 11 is 0. The number of benzene rings is 3. The molecule has 0 aliphatic rings. The van der Waals surface area contributed by atoms with Crippen LogP contribution in [0.2, 0.25) is 0 Å². The van der Waals surface area contributed by atoms with E-state index in [1.54, 1.807) is 62.4 Å². The van der Waals surface area contributed by atoms with Crippen molar-refractivity contribution in [3.05, 3.63) is 89.5 Å². The number of phenolic OH excluding ortho intramolecular Hbond substituents is 2. The summed E-state index contributed by atoms with van der Waals surface area (Å²) in [6.07, 6.45) is 0. The van der Waals surface area contributed by atoms with Crippen LogP contribution in [0.3, 0.4) is 0 Å². The number of phenols is 2. The van der Waals surface area contributed by atoms with Crippen LogP contribution in [0.5, 0.6) is 11.5 Å². The van der Waals surface area contributed by atoms with Gasteiger partial charge in [0.1, 0.15) is 11.5 Å². The first-order valence-electron chi connectivity index (χ1n) is 9.97. The molecular formula is C24H24N2O4S. The highest BCUT2D eigenvalue weighted by Crippen LogP contribution is 2.41. The largest absolute Gasteiger partial charge is 0.508 e. The van der Waals surface area contributed by atoms with Gasteiger partial charge in [0.05, 0.1) is 0 Å². The SMILES string of the molecule is CC(C)NS(=O)(=O)c1[nH]c2ccccc2c1C(c1ccc(O)cc1)c1ccc(O)cc1. The van der Waals surface area contributed by atoms with Gasteiger partial charge in [0, 0.05) is 28.4 Å². The summed E-state index contributed by atoms with van der Waals surface area (Å²) in [5.41, 5.74) is 2.95. The van der Waals surface area contributed by atoms with E-state index in [0.717, 1.165) is 16.5 Å². The molecule has 0 saturated carbocycles. The number of aromatic nitrogens is 1. The quantitative estimate of drug-likeness (QED) is 0.359. The van der Waals surface area contributed by atoms with Gasteiger partial charge in [0.25, 0.3) is 10.0 Å². The monoisotopic (exact) mass is 436 g/mol. The van der Waals surface area contributed by atoms with Gasteiger partial charge < -0.3 is 15.2 Å². The molecule has 0 radical (unpaired) electrons. The van der Waals surface area contributed by atoms with Crippen molar-refractivity contribution >= 4 is 20.9 Å². The van der Waals surface area contributed by atoms with Crippen molar-refractivity contribution in [3.63, 3.8) is 0 Å². The van der Waals surface area contributed by atoms with Gasteiger partial charge in [-0.25, -0.2) is 13.1 Å². The number of para-hydroxylation sites is 1. The number of rotatable bonds is 6. The lowest BCUT2D eigenvalue weighted by Crippen LogP contribution is -2.31. The first kappa shape index (κ1) is 21.0. The molecule has 0 fully saturated rings. The maximum absolute atomic E-state index is 13.3. The van der Waals surface area contributed by atoms with E-state index in [1.807, 2.05) is 24.3 Å². The maximum atomic E-state index is 13.3. The third kappa shape index (κ3) is 4.15. The molecule has 1 aromatic heterocycles. The molecule has 0 spiro atoms. The van der Waals surface area contributed by atoms with E-state index in [0.29, 0.717) is 11.1 Å². The third-order valence-corrected chi connectivity index (χ3v) is 6.75. The van der Waals surface area contributed by atoms with Crippen LogP contribution in [-0.2, 0) is 10.0 Å². The Kier molecular flexibility index (Phi) is 5.47. The van der Waals surface area contributed by atoms with Gasteiger partial charge in [-0.2, -0.15) is 0 Å². The van der Waals surface area contributed by atoms with Crippen LogP contribution >= 0.6 is 0 Å². The molecule has 0 atom stereocenters. The summed E-state index contributed by atoms with van der Waals surface area (Å²) in [6, 6.07) is 20.6. The summed E-state index contributed by atoms with van der Waals surface area (Å²) in [5, 5.41) is 20.5. The van der Waals surface area contributed by atoms with Gasteiger partial charge in [-0.1, -0.05) is 42.5 Å². The number of aromatic amines is 1. The molecule has 0 aliphatic carbocycles. The Balaban J connectivity index is 2.04. The highest BCUT2D eigenvalue weighted by molar-refractivity contribution is 7.89. The molecule has 4 N–H and O–H groups in total. The fraction of sp³-hybridized carbons (Fsp3) is 0.167. The number of hydrogen-bond acceptors (Lipinski definition) is 4. The summed E-state index contributed by atoms with van der Waals surface area (Å²) in [5.74, 6) is -0.195. The van der Waals surface area contributed by atoms with Crippen LogP contribution < -0.4 is 4.72 Å². The first-order chi connectivity index (χ1) is 14.8. The molecule has 4 aromatic rings. The number of hydrogen-bond donors (Lipinski definition) is 4. The van der Waals surface area contributed by atoms with Crippen LogP contribution in [0.4, 0.5) is 0 Å². The second-order valence-corrected chi connectivity index (χ2v) is 9.46. The topological polar surface area (TPSA) is 102 Å². The van der Waals surface area contributed by atoms with Gasteiger partial charge in [-0.05, 0) is 55.3 Å².